The van der Waals surface area contributed by atoms with E-state index in [1.54, 1.807) is 0 Å². The van der Waals surface area contributed by atoms with E-state index < -0.39 is 0 Å². The van der Waals surface area contributed by atoms with E-state index >= 15 is 0 Å². The summed E-state index contributed by atoms with van der Waals surface area (Å²) in [7, 11) is 0. The number of furan rings is 1. The molecule has 3 heterocycles. The predicted molar refractivity (Wildman–Crippen MR) is 317 cm³/mol. The van der Waals surface area contributed by atoms with Crippen molar-refractivity contribution in [3.05, 3.63) is 191 Å². The summed E-state index contributed by atoms with van der Waals surface area (Å²) in [5, 5.41) is 2.27. The lowest BCUT2D eigenvalue weighted by atomic mass is 9.33. The third-order valence-corrected chi connectivity index (χ3v) is 17.9. The molecule has 0 saturated heterocycles. The Kier molecular flexibility index (Phi) is 9.97. The topological polar surface area (TPSA) is 22.9 Å². The van der Waals surface area contributed by atoms with Crippen LogP contribution >= 0.6 is 0 Å². The van der Waals surface area contributed by atoms with Crippen LogP contribution in [0, 0.1) is 13.8 Å². The highest BCUT2D eigenvalue weighted by Crippen LogP contribution is 2.56. The van der Waals surface area contributed by atoms with Crippen LogP contribution in [0.25, 0.3) is 21.9 Å². The molecule has 2 aliphatic carbocycles. The fourth-order valence-electron chi connectivity index (χ4n) is 14.4. The SMILES string of the molecule is Cc1cc2c3c(c1)N(c1ccc(C(C)(C)C)c4oc5ccccc5c14)c1cc(N(c4ccccc4)c4ccccc4)ccc1B3c1cc3c(cc1N2c1cc2c(cc1C)C(C)(C)CCC2(C)C)C(C)(C)CC3(C)C. The van der Waals surface area contributed by atoms with Crippen molar-refractivity contribution in [1.82, 2.24) is 0 Å². The fraction of sp³-hybridized carbons (Fsp3) is 0.304. The van der Waals surface area contributed by atoms with E-state index in [-0.39, 0.29) is 33.8 Å². The molecule has 0 saturated carbocycles. The molecule has 0 amide bonds. The first kappa shape index (κ1) is 46.8. The Morgan fingerprint density at radius 1 is 0.486 bits per heavy atom. The Morgan fingerprint density at radius 2 is 1.03 bits per heavy atom. The third-order valence-electron chi connectivity index (χ3n) is 17.9. The molecule has 0 fully saturated rings. The summed E-state index contributed by atoms with van der Waals surface area (Å²) >= 11 is 0. The summed E-state index contributed by atoms with van der Waals surface area (Å²) < 4.78 is 7.04. The largest absolute Gasteiger partial charge is 0.456 e. The first-order valence-corrected chi connectivity index (χ1v) is 27.2. The maximum atomic E-state index is 7.04. The summed E-state index contributed by atoms with van der Waals surface area (Å²) in [5.74, 6) is 0. The maximum Gasteiger partial charge on any atom is 0.252 e. The highest BCUT2D eigenvalue weighted by Gasteiger charge is 2.49. The summed E-state index contributed by atoms with van der Waals surface area (Å²) in [6.45, 7) is 31.3. The third kappa shape index (κ3) is 6.87. The van der Waals surface area contributed by atoms with Crippen LogP contribution in [0.1, 0.15) is 134 Å². The molecule has 0 N–H and O–H groups in total. The molecule has 8 aromatic carbocycles. The Hall–Kier alpha value is -6.98. The van der Waals surface area contributed by atoms with Crippen molar-refractivity contribution in [2.24, 2.45) is 0 Å². The Morgan fingerprint density at radius 3 is 1.66 bits per heavy atom. The predicted octanol–water partition coefficient (Wildman–Crippen LogP) is 17.4. The van der Waals surface area contributed by atoms with Crippen molar-refractivity contribution >= 4 is 96.2 Å². The van der Waals surface area contributed by atoms with Crippen molar-refractivity contribution in [2.75, 3.05) is 14.7 Å². The monoisotopic (exact) mass is 968 g/mol. The average Bonchev–Trinajstić information content (AvgIpc) is 3.83. The summed E-state index contributed by atoms with van der Waals surface area (Å²) in [6, 6.07) is 57.9. The van der Waals surface area contributed by atoms with E-state index in [1.807, 2.05) is 0 Å². The molecule has 1 aromatic heterocycles. The Labute approximate surface area is 440 Å². The molecule has 2 aliphatic heterocycles. The molecule has 13 rings (SSSR count). The smallest absolute Gasteiger partial charge is 0.252 e. The first-order chi connectivity index (χ1) is 35.1. The molecule has 4 aliphatic rings. The van der Waals surface area contributed by atoms with E-state index in [1.165, 1.54) is 90.2 Å². The molecule has 9 aromatic rings. The molecule has 4 nitrogen and oxygen atoms in total. The van der Waals surface area contributed by atoms with Gasteiger partial charge in [0.25, 0.3) is 6.71 Å². The number of aryl methyl sites for hydroxylation is 2. The van der Waals surface area contributed by atoms with Gasteiger partial charge in [-0.15, -0.1) is 0 Å². The van der Waals surface area contributed by atoms with Crippen LogP contribution in [-0.4, -0.2) is 6.71 Å². The van der Waals surface area contributed by atoms with E-state index in [0.717, 1.165) is 57.5 Å². The van der Waals surface area contributed by atoms with Gasteiger partial charge >= 0.3 is 0 Å². The molecular formula is C69H70BN3O. The molecule has 0 unspecified atom stereocenters. The first-order valence-electron chi connectivity index (χ1n) is 27.2. The number of fused-ring (bicyclic) bond motifs is 9. The van der Waals surface area contributed by atoms with Gasteiger partial charge in [-0.05, 0) is 183 Å². The van der Waals surface area contributed by atoms with E-state index in [0.29, 0.717) is 0 Å². The number of rotatable bonds is 5. The minimum atomic E-state index is -0.152. The van der Waals surface area contributed by atoms with Gasteiger partial charge in [-0.25, -0.2) is 0 Å². The van der Waals surface area contributed by atoms with Gasteiger partial charge in [-0.2, -0.15) is 0 Å². The lowest BCUT2D eigenvalue weighted by molar-refractivity contribution is 0.332. The summed E-state index contributed by atoms with van der Waals surface area (Å²) in [5.41, 5.74) is 26.3. The van der Waals surface area contributed by atoms with Crippen LogP contribution < -0.4 is 31.1 Å². The summed E-state index contributed by atoms with van der Waals surface area (Å²) in [6.07, 6.45) is 3.45. The number of benzene rings is 8. The van der Waals surface area contributed by atoms with E-state index in [4.69, 9.17) is 4.42 Å². The summed E-state index contributed by atoms with van der Waals surface area (Å²) in [4.78, 5) is 7.75. The van der Waals surface area contributed by atoms with Gasteiger partial charge in [0.15, 0.2) is 0 Å². The van der Waals surface area contributed by atoms with Gasteiger partial charge in [0.1, 0.15) is 11.2 Å². The molecule has 370 valence electrons. The second kappa shape index (κ2) is 15.8. The standard InChI is InChI=1S/C69H70BN3O/c1-42-34-59-63-60(35-42)73(56-39-51-49(36-43(56)2)66(6,7)32-33-67(51,8)9)58-40-52-50(68(10,11)41-69(52,12)13)38-54(58)70(63)53-30-28-46(71(44-22-16-14-17-23-44)45-24-18-15-19-25-45)37-57(53)72(59)55-31-29-48(65(3,4)5)64-62(55)47-26-20-21-27-61(47)74-64/h14-31,34-40H,32-33,41H2,1-13H3. The van der Waals surface area contributed by atoms with E-state index in [9.17, 15) is 0 Å². The second-order valence-electron chi connectivity index (χ2n) is 26.1. The van der Waals surface area contributed by atoms with Gasteiger partial charge < -0.3 is 19.1 Å². The van der Waals surface area contributed by atoms with Crippen LogP contribution in [0.15, 0.2) is 156 Å². The molecule has 0 radical (unpaired) electrons. The average molecular weight is 968 g/mol. The zero-order valence-corrected chi connectivity index (χ0v) is 45.9. The van der Waals surface area contributed by atoms with Gasteiger partial charge in [0.2, 0.25) is 0 Å². The molecule has 0 spiro atoms. The van der Waals surface area contributed by atoms with Crippen LogP contribution in [-0.2, 0) is 27.1 Å². The van der Waals surface area contributed by atoms with Crippen molar-refractivity contribution in [2.45, 2.75) is 136 Å². The van der Waals surface area contributed by atoms with Crippen LogP contribution in [0.2, 0.25) is 0 Å². The number of hydrogen-bond acceptors (Lipinski definition) is 4. The Balaban J connectivity index is 1.17. The normalized spacial score (nSPS) is 17.4. The van der Waals surface area contributed by atoms with Crippen molar-refractivity contribution in [1.29, 1.82) is 0 Å². The van der Waals surface area contributed by atoms with Crippen LogP contribution in [0.5, 0.6) is 0 Å². The molecule has 0 atom stereocenters. The van der Waals surface area contributed by atoms with Gasteiger partial charge in [-0.1, -0.05) is 155 Å². The maximum absolute atomic E-state index is 7.04. The fourth-order valence-corrected chi connectivity index (χ4v) is 14.4. The highest BCUT2D eigenvalue weighted by atomic mass is 16.3. The highest BCUT2D eigenvalue weighted by molar-refractivity contribution is 7.00. The van der Waals surface area contributed by atoms with Crippen molar-refractivity contribution < 1.29 is 4.42 Å². The van der Waals surface area contributed by atoms with Gasteiger partial charge in [0, 0.05) is 56.4 Å². The van der Waals surface area contributed by atoms with Gasteiger partial charge in [0.05, 0.1) is 11.1 Å². The number of anilines is 9. The Bertz CT molecular complexity index is 3750. The zero-order valence-electron chi connectivity index (χ0n) is 45.9. The molecule has 5 heteroatoms. The second-order valence-corrected chi connectivity index (χ2v) is 26.1. The lowest BCUT2D eigenvalue weighted by Gasteiger charge is -2.47. The van der Waals surface area contributed by atoms with Crippen LogP contribution in [0.4, 0.5) is 51.2 Å². The minimum Gasteiger partial charge on any atom is -0.456 e. The quantitative estimate of drug-likeness (QED) is 0.160. The zero-order chi connectivity index (χ0) is 51.6. The molecule has 74 heavy (non-hydrogen) atoms. The lowest BCUT2D eigenvalue weighted by Crippen LogP contribution is -2.61. The molecule has 0 bridgehead atoms. The number of hydrogen-bond donors (Lipinski definition) is 0. The number of nitrogens with zero attached hydrogens (tertiary/aromatic N) is 3. The number of para-hydroxylation sites is 3. The van der Waals surface area contributed by atoms with Crippen molar-refractivity contribution in [3.63, 3.8) is 0 Å². The van der Waals surface area contributed by atoms with Gasteiger partial charge in [-0.3, -0.25) is 0 Å². The van der Waals surface area contributed by atoms with Crippen molar-refractivity contribution in [3.8, 4) is 0 Å². The van der Waals surface area contributed by atoms with Crippen LogP contribution in [0.3, 0.4) is 0 Å². The minimum absolute atomic E-state index is 0.00836. The van der Waals surface area contributed by atoms with E-state index in [2.05, 4.69) is 256 Å². The molecular weight excluding hydrogens is 898 g/mol.